The van der Waals surface area contributed by atoms with E-state index in [1.807, 2.05) is 0 Å². The fourth-order valence-corrected chi connectivity index (χ4v) is 2.77. The zero-order chi connectivity index (χ0) is 14.8. The zero-order valence-electron chi connectivity index (χ0n) is 11.2. The summed E-state index contributed by atoms with van der Waals surface area (Å²) in [5.41, 5.74) is 1.28. The van der Waals surface area contributed by atoms with Crippen molar-refractivity contribution in [3.05, 3.63) is 57.8 Å². The molecule has 3 rings (SSSR count). The number of fused-ring (bicyclic) bond motifs is 1. The molecule has 1 aliphatic rings. The predicted molar refractivity (Wildman–Crippen MR) is 80.2 cm³/mol. The largest absolute Gasteiger partial charge is 0.490 e. The van der Waals surface area contributed by atoms with Crippen LogP contribution in [0.15, 0.2) is 40.9 Å². The highest BCUT2D eigenvalue weighted by Gasteiger charge is 2.19. The van der Waals surface area contributed by atoms with Gasteiger partial charge in [0.15, 0.2) is 11.5 Å². The van der Waals surface area contributed by atoms with Crippen molar-refractivity contribution in [2.45, 2.75) is 12.5 Å². The molecule has 2 aromatic carbocycles. The summed E-state index contributed by atoms with van der Waals surface area (Å²) < 4.78 is 24.9. The van der Waals surface area contributed by atoms with Crippen molar-refractivity contribution in [3.8, 4) is 11.5 Å². The summed E-state index contributed by atoms with van der Waals surface area (Å²) >= 11 is 3.44. The van der Waals surface area contributed by atoms with Crippen molar-refractivity contribution < 1.29 is 19.0 Å². The number of halogens is 2. The molecule has 0 saturated carbocycles. The van der Waals surface area contributed by atoms with Gasteiger partial charge in [-0.25, -0.2) is 4.39 Å². The lowest BCUT2D eigenvalue weighted by molar-refractivity contribution is 0.218. The van der Waals surface area contributed by atoms with Crippen LogP contribution in [0.2, 0.25) is 0 Å². The van der Waals surface area contributed by atoms with E-state index >= 15 is 0 Å². The minimum Gasteiger partial charge on any atom is -0.490 e. The Balaban J connectivity index is 1.97. The van der Waals surface area contributed by atoms with Gasteiger partial charge in [-0.1, -0.05) is 28.1 Å². The fraction of sp³-hybridized carbons (Fsp3) is 0.250. The number of aliphatic hydroxyl groups is 1. The molecule has 1 heterocycles. The normalized spacial score (nSPS) is 15.4. The second-order valence-electron chi connectivity index (χ2n) is 4.83. The number of benzene rings is 2. The molecule has 0 aromatic heterocycles. The van der Waals surface area contributed by atoms with E-state index in [0.29, 0.717) is 35.8 Å². The lowest BCUT2D eigenvalue weighted by Crippen LogP contribution is -2.02. The van der Waals surface area contributed by atoms with Gasteiger partial charge in [0.2, 0.25) is 0 Å². The number of ether oxygens (including phenoxy) is 2. The standard InChI is InChI=1S/C16H14BrFO3/c17-13-9-15-14(20-6-1-7-21-15)8-12(13)16(19)10-2-4-11(18)5-3-10/h2-5,8-9,16,19H,1,6-7H2. The van der Waals surface area contributed by atoms with Crippen molar-refractivity contribution in [2.24, 2.45) is 0 Å². The summed E-state index contributed by atoms with van der Waals surface area (Å²) in [6.07, 6.45) is -0.0422. The monoisotopic (exact) mass is 352 g/mol. The molecular weight excluding hydrogens is 339 g/mol. The Labute approximate surface area is 130 Å². The van der Waals surface area contributed by atoms with Gasteiger partial charge < -0.3 is 14.6 Å². The van der Waals surface area contributed by atoms with E-state index < -0.39 is 6.10 Å². The zero-order valence-corrected chi connectivity index (χ0v) is 12.8. The lowest BCUT2D eigenvalue weighted by atomic mass is 10.0. The third-order valence-electron chi connectivity index (χ3n) is 3.35. The minimum absolute atomic E-state index is 0.330. The van der Waals surface area contributed by atoms with Crippen molar-refractivity contribution in [2.75, 3.05) is 13.2 Å². The average molecular weight is 353 g/mol. The molecule has 3 nitrogen and oxygen atoms in total. The number of hydrogen-bond donors (Lipinski definition) is 1. The Morgan fingerprint density at radius 1 is 1.05 bits per heavy atom. The first-order valence-electron chi connectivity index (χ1n) is 6.68. The first-order valence-corrected chi connectivity index (χ1v) is 7.47. The molecule has 0 amide bonds. The Morgan fingerprint density at radius 2 is 1.67 bits per heavy atom. The molecule has 2 aromatic rings. The third-order valence-corrected chi connectivity index (χ3v) is 4.03. The highest BCUT2D eigenvalue weighted by molar-refractivity contribution is 9.10. The van der Waals surface area contributed by atoms with Crippen LogP contribution in [0.5, 0.6) is 11.5 Å². The van der Waals surface area contributed by atoms with Gasteiger partial charge in [0.1, 0.15) is 11.9 Å². The molecule has 1 N–H and O–H groups in total. The van der Waals surface area contributed by atoms with Crippen LogP contribution in [0.1, 0.15) is 23.7 Å². The van der Waals surface area contributed by atoms with E-state index in [2.05, 4.69) is 15.9 Å². The molecular formula is C16H14BrFO3. The van der Waals surface area contributed by atoms with Gasteiger partial charge in [0.25, 0.3) is 0 Å². The maximum Gasteiger partial charge on any atom is 0.162 e. The summed E-state index contributed by atoms with van der Waals surface area (Å²) in [5.74, 6) is 0.949. The molecule has 1 aliphatic heterocycles. The molecule has 0 aliphatic carbocycles. The number of hydrogen-bond acceptors (Lipinski definition) is 3. The maximum atomic E-state index is 13.0. The van der Waals surface area contributed by atoms with Gasteiger partial charge in [-0.3, -0.25) is 0 Å². The topological polar surface area (TPSA) is 38.7 Å². The SMILES string of the molecule is OC(c1ccc(F)cc1)c1cc2c(cc1Br)OCCCO2. The van der Waals surface area contributed by atoms with Gasteiger partial charge in [0, 0.05) is 16.5 Å². The number of aliphatic hydroxyl groups excluding tert-OH is 1. The number of rotatable bonds is 2. The highest BCUT2D eigenvalue weighted by Crippen LogP contribution is 2.39. The maximum absolute atomic E-state index is 13.0. The third kappa shape index (κ3) is 3.04. The minimum atomic E-state index is -0.864. The molecule has 0 bridgehead atoms. The van der Waals surface area contributed by atoms with E-state index in [9.17, 15) is 9.50 Å². The molecule has 110 valence electrons. The van der Waals surface area contributed by atoms with E-state index in [1.165, 1.54) is 12.1 Å². The van der Waals surface area contributed by atoms with Crippen molar-refractivity contribution >= 4 is 15.9 Å². The van der Waals surface area contributed by atoms with Crippen LogP contribution in [0.25, 0.3) is 0 Å². The van der Waals surface area contributed by atoms with Crippen molar-refractivity contribution in [1.29, 1.82) is 0 Å². The Morgan fingerprint density at radius 3 is 2.33 bits per heavy atom. The highest BCUT2D eigenvalue weighted by atomic mass is 79.9. The molecule has 21 heavy (non-hydrogen) atoms. The van der Waals surface area contributed by atoms with Crippen LogP contribution in [0.3, 0.4) is 0 Å². The Hall–Kier alpha value is -1.59. The molecule has 1 atom stereocenters. The van der Waals surface area contributed by atoms with Crippen LogP contribution in [-0.4, -0.2) is 18.3 Å². The van der Waals surface area contributed by atoms with E-state index in [-0.39, 0.29) is 5.82 Å². The van der Waals surface area contributed by atoms with Gasteiger partial charge in [0.05, 0.1) is 13.2 Å². The van der Waals surface area contributed by atoms with Crippen LogP contribution in [0.4, 0.5) is 4.39 Å². The second kappa shape index (κ2) is 6.03. The van der Waals surface area contributed by atoms with Crippen molar-refractivity contribution in [1.82, 2.24) is 0 Å². The summed E-state index contributed by atoms with van der Waals surface area (Å²) in [6, 6.07) is 9.34. The van der Waals surface area contributed by atoms with Crippen LogP contribution >= 0.6 is 15.9 Å². The van der Waals surface area contributed by atoms with Gasteiger partial charge in [-0.2, -0.15) is 0 Å². The molecule has 5 heteroatoms. The quantitative estimate of drug-likeness (QED) is 0.892. The van der Waals surface area contributed by atoms with E-state index in [0.717, 1.165) is 10.9 Å². The van der Waals surface area contributed by atoms with E-state index in [4.69, 9.17) is 9.47 Å². The van der Waals surface area contributed by atoms with Crippen LogP contribution in [-0.2, 0) is 0 Å². The average Bonchev–Trinajstić information content (AvgIpc) is 2.71. The molecule has 0 saturated heterocycles. The predicted octanol–water partition coefficient (Wildman–Crippen LogP) is 3.83. The van der Waals surface area contributed by atoms with Crippen LogP contribution in [0, 0.1) is 5.82 Å². The summed E-state index contributed by atoms with van der Waals surface area (Å²) in [4.78, 5) is 0. The molecule has 0 fully saturated rings. The first kappa shape index (κ1) is 14.4. The Kier molecular flexibility index (Phi) is 4.12. The van der Waals surface area contributed by atoms with Gasteiger partial charge in [-0.05, 0) is 29.8 Å². The molecule has 0 radical (unpaired) electrons. The van der Waals surface area contributed by atoms with Gasteiger partial charge in [-0.15, -0.1) is 0 Å². The van der Waals surface area contributed by atoms with E-state index in [1.54, 1.807) is 24.3 Å². The molecule has 0 spiro atoms. The molecule has 1 unspecified atom stereocenters. The fourth-order valence-electron chi connectivity index (χ4n) is 2.23. The summed E-state index contributed by atoms with van der Waals surface area (Å²) in [7, 11) is 0. The lowest BCUT2D eigenvalue weighted by Gasteiger charge is -2.16. The van der Waals surface area contributed by atoms with Gasteiger partial charge >= 0.3 is 0 Å². The summed E-state index contributed by atoms with van der Waals surface area (Å²) in [6.45, 7) is 1.19. The van der Waals surface area contributed by atoms with Crippen molar-refractivity contribution in [3.63, 3.8) is 0 Å². The summed E-state index contributed by atoms with van der Waals surface area (Å²) in [5, 5.41) is 10.5. The second-order valence-corrected chi connectivity index (χ2v) is 5.68. The van der Waals surface area contributed by atoms with Crippen LogP contribution < -0.4 is 9.47 Å². The Bertz CT molecular complexity index is 643. The smallest absolute Gasteiger partial charge is 0.162 e. The first-order chi connectivity index (χ1) is 10.1.